The lowest BCUT2D eigenvalue weighted by Gasteiger charge is -2.28. The Morgan fingerprint density at radius 3 is 2.60 bits per heavy atom. The topological polar surface area (TPSA) is 68.8 Å². The summed E-state index contributed by atoms with van der Waals surface area (Å²) in [6.45, 7) is 4.54. The molecule has 10 heteroatoms. The molecule has 3 aromatic heterocycles. The molecule has 0 radical (unpaired) electrons. The molecule has 0 unspecified atom stereocenters. The van der Waals surface area contributed by atoms with Crippen LogP contribution < -0.4 is 10.6 Å². The molecule has 7 nitrogen and oxygen atoms in total. The highest BCUT2D eigenvalue weighted by molar-refractivity contribution is 5.92. The number of hydrogen-bond donors (Lipinski definition) is 0. The third-order valence-corrected chi connectivity index (χ3v) is 5.19. The monoisotopic (exact) mass is 480 g/mol. The second kappa shape index (κ2) is 9.25. The van der Waals surface area contributed by atoms with E-state index < -0.39 is 30.0 Å². The second-order valence-electron chi connectivity index (χ2n) is 8.91. The second-order valence-corrected chi connectivity index (χ2v) is 8.91. The van der Waals surface area contributed by atoms with Crippen molar-refractivity contribution in [1.82, 2.24) is 24.3 Å². The molecule has 0 atom stereocenters. The number of aryl methyl sites for hydroxylation is 1. The van der Waals surface area contributed by atoms with Crippen LogP contribution in [0.25, 0.3) is 10.9 Å². The highest BCUT2D eigenvalue weighted by Crippen LogP contribution is 2.33. The number of hydrogen-bond acceptors (Lipinski definition) is 5. The molecule has 0 N–H and O–H groups in total. The molecule has 0 aliphatic carbocycles. The molecule has 180 valence electrons. The van der Waals surface area contributed by atoms with Crippen LogP contribution in [-0.2, 0) is 12.6 Å². The van der Waals surface area contributed by atoms with E-state index in [-0.39, 0.29) is 22.4 Å². The van der Waals surface area contributed by atoms with Crippen molar-refractivity contribution in [3.8, 4) is 11.8 Å². The number of benzene rings is 1. The largest absolute Gasteiger partial charge is 0.350 e. The van der Waals surface area contributed by atoms with Crippen LogP contribution in [0.1, 0.15) is 32.0 Å². The van der Waals surface area contributed by atoms with Gasteiger partial charge in [-0.25, -0.2) is 22.9 Å². The highest BCUT2D eigenvalue weighted by Gasteiger charge is 2.26. The SMILES string of the molecule is Cn1cc(C#Cc2cc(N(CC(F)F)c3nc(=O)n(C(C)(C)C)c4cccc(F)c34)ccn2)cn1. The Kier molecular flexibility index (Phi) is 6.35. The molecule has 3 heterocycles. The van der Waals surface area contributed by atoms with Gasteiger partial charge in [0, 0.05) is 30.7 Å². The summed E-state index contributed by atoms with van der Waals surface area (Å²) < 4.78 is 45.5. The average Bonchev–Trinajstić information content (AvgIpc) is 3.20. The van der Waals surface area contributed by atoms with Gasteiger partial charge in [-0.05, 0) is 51.0 Å². The third-order valence-electron chi connectivity index (χ3n) is 5.19. The predicted molar refractivity (Wildman–Crippen MR) is 127 cm³/mol. The van der Waals surface area contributed by atoms with Crippen LogP contribution in [0.4, 0.5) is 24.7 Å². The van der Waals surface area contributed by atoms with Gasteiger partial charge in [-0.3, -0.25) is 9.25 Å². The molecular weight excluding hydrogens is 457 g/mol. The summed E-state index contributed by atoms with van der Waals surface area (Å²) in [7, 11) is 1.76. The number of fused-ring (bicyclic) bond motifs is 1. The Balaban J connectivity index is 1.90. The van der Waals surface area contributed by atoms with Gasteiger partial charge >= 0.3 is 5.69 Å². The quantitative estimate of drug-likeness (QED) is 0.409. The van der Waals surface area contributed by atoms with Crippen molar-refractivity contribution in [2.45, 2.75) is 32.7 Å². The van der Waals surface area contributed by atoms with E-state index in [1.165, 1.54) is 35.0 Å². The molecule has 1 aromatic carbocycles. The third kappa shape index (κ3) is 5.04. The standard InChI is InChI=1S/C25H23F3N6O/c1-25(2,3)34-20-7-5-6-19(26)22(20)23(31-24(34)35)33(15-21(27)28)18-10-11-29-17(12-18)9-8-16-13-30-32(4)14-16/h5-7,10-14,21H,15H2,1-4H3. The molecule has 0 amide bonds. The van der Waals surface area contributed by atoms with Crippen molar-refractivity contribution in [2.75, 3.05) is 11.4 Å². The zero-order valence-corrected chi connectivity index (χ0v) is 19.6. The van der Waals surface area contributed by atoms with Crippen LogP contribution in [0, 0.1) is 17.7 Å². The van der Waals surface area contributed by atoms with Crippen molar-refractivity contribution >= 4 is 22.4 Å². The number of alkyl halides is 2. The van der Waals surface area contributed by atoms with Gasteiger partial charge in [0.05, 0.1) is 29.2 Å². The molecule has 35 heavy (non-hydrogen) atoms. The van der Waals surface area contributed by atoms with E-state index in [0.717, 1.165) is 4.90 Å². The van der Waals surface area contributed by atoms with Gasteiger partial charge < -0.3 is 4.90 Å². The molecule has 4 aromatic rings. The Morgan fingerprint density at radius 1 is 1.17 bits per heavy atom. The summed E-state index contributed by atoms with van der Waals surface area (Å²) in [6, 6.07) is 7.24. The first-order valence-electron chi connectivity index (χ1n) is 10.8. The van der Waals surface area contributed by atoms with Crippen LogP contribution in [-0.4, -0.2) is 37.3 Å². The molecular formula is C25H23F3N6O. The predicted octanol–water partition coefficient (Wildman–Crippen LogP) is 4.22. The van der Waals surface area contributed by atoms with E-state index in [0.29, 0.717) is 11.3 Å². The van der Waals surface area contributed by atoms with Crippen molar-refractivity contribution in [3.05, 3.63) is 76.5 Å². The Labute approximate surface area is 199 Å². The van der Waals surface area contributed by atoms with Gasteiger partial charge in [-0.1, -0.05) is 12.0 Å². The lowest BCUT2D eigenvalue weighted by Crippen LogP contribution is -2.37. The molecule has 0 aliphatic heterocycles. The van der Waals surface area contributed by atoms with Crippen LogP contribution in [0.15, 0.2) is 53.7 Å². The number of pyridine rings is 1. The van der Waals surface area contributed by atoms with Gasteiger partial charge in [0.2, 0.25) is 0 Å². The number of rotatable bonds is 4. The van der Waals surface area contributed by atoms with E-state index in [4.69, 9.17) is 0 Å². The van der Waals surface area contributed by atoms with Crippen LogP contribution in [0.5, 0.6) is 0 Å². The summed E-state index contributed by atoms with van der Waals surface area (Å²) in [5.41, 5.74) is 0.0882. The van der Waals surface area contributed by atoms with Crippen LogP contribution in [0.3, 0.4) is 0 Å². The summed E-state index contributed by atoms with van der Waals surface area (Å²) >= 11 is 0. The van der Waals surface area contributed by atoms with Gasteiger partial charge in [0.25, 0.3) is 6.43 Å². The maximum atomic E-state index is 15.1. The van der Waals surface area contributed by atoms with E-state index in [1.54, 1.807) is 51.0 Å². The van der Waals surface area contributed by atoms with Crippen molar-refractivity contribution in [1.29, 1.82) is 0 Å². The van der Waals surface area contributed by atoms with Crippen molar-refractivity contribution < 1.29 is 13.2 Å². The molecule has 0 fully saturated rings. The molecule has 4 rings (SSSR count). The summed E-state index contributed by atoms with van der Waals surface area (Å²) in [5.74, 6) is 4.92. The minimum Gasteiger partial charge on any atom is -0.320 e. The number of aromatic nitrogens is 5. The van der Waals surface area contributed by atoms with Crippen LogP contribution in [0.2, 0.25) is 0 Å². The lowest BCUT2D eigenvalue weighted by atomic mass is 10.1. The smallest absolute Gasteiger partial charge is 0.320 e. The molecule has 0 bridgehead atoms. The Bertz CT molecular complexity index is 1510. The van der Waals surface area contributed by atoms with Crippen molar-refractivity contribution in [2.24, 2.45) is 7.05 Å². The number of anilines is 2. The maximum Gasteiger partial charge on any atom is 0.350 e. The van der Waals surface area contributed by atoms with Gasteiger partial charge in [0.1, 0.15) is 11.5 Å². The maximum absolute atomic E-state index is 15.1. The fraction of sp³-hybridized carbons (Fsp3) is 0.280. The molecule has 0 spiro atoms. The zero-order valence-electron chi connectivity index (χ0n) is 19.6. The fourth-order valence-electron chi connectivity index (χ4n) is 3.79. The van der Waals surface area contributed by atoms with Crippen molar-refractivity contribution in [3.63, 3.8) is 0 Å². The minimum absolute atomic E-state index is 0.0255. The van der Waals surface area contributed by atoms with E-state index >= 15 is 4.39 Å². The minimum atomic E-state index is -2.79. The normalized spacial score (nSPS) is 11.5. The van der Waals surface area contributed by atoms with Gasteiger partial charge in [0.15, 0.2) is 5.82 Å². The van der Waals surface area contributed by atoms with E-state index in [1.807, 2.05) is 0 Å². The highest BCUT2D eigenvalue weighted by atomic mass is 19.3. The Morgan fingerprint density at radius 2 is 1.94 bits per heavy atom. The first kappa shape index (κ1) is 24.0. The van der Waals surface area contributed by atoms with Crippen LogP contribution >= 0.6 is 0 Å². The zero-order chi connectivity index (χ0) is 25.3. The van der Waals surface area contributed by atoms with E-state index in [2.05, 4.69) is 26.9 Å². The molecule has 0 saturated heterocycles. The summed E-state index contributed by atoms with van der Waals surface area (Å²) in [5, 5.41) is 4.02. The van der Waals surface area contributed by atoms with Gasteiger partial charge in [-0.15, -0.1) is 0 Å². The first-order valence-corrected chi connectivity index (χ1v) is 10.8. The van der Waals surface area contributed by atoms with E-state index in [9.17, 15) is 13.6 Å². The molecule has 0 saturated carbocycles. The molecule has 0 aliphatic rings. The fourth-order valence-corrected chi connectivity index (χ4v) is 3.79. The number of nitrogens with zero attached hydrogens (tertiary/aromatic N) is 6. The lowest BCUT2D eigenvalue weighted by molar-refractivity contribution is 0.157. The first-order chi connectivity index (χ1) is 16.5. The summed E-state index contributed by atoms with van der Waals surface area (Å²) in [6.07, 6.45) is 1.93. The Hall–Kier alpha value is -4.13. The summed E-state index contributed by atoms with van der Waals surface area (Å²) in [4.78, 5) is 22.4. The number of halogens is 3. The van der Waals surface area contributed by atoms with Gasteiger partial charge in [-0.2, -0.15) is 10.1 Å². The average molecular weight is 480 g/mol.